The van der Waals surface area contributed by atoms with Gasteiger partial charge in [0.25, 0.3) is 5.91 Å². The zero-order valence-electron chi connectivity index (χ0n) is 22.7. The molecule has 0 unspecified atom stereocenters. The molecule has 0 spiro atoms. The van der Waals surface area contributed by atoms with E-state index >= 15 is 0 Å². The number of hydrogen-bond acceptors (Lipinski definition) is 8. The number of piperazine rings is 1. The van der Waals surface area contributed by atoms with Crippen LogP contribution in [0.3, 0.4) is 0 Å². The van der Waals surface area contributed by atoms with Crippen LogP contribution in [-0.2, 0) is 4.74 Å². The highest BCUT2D eigenvalue weighted by Gasteiger charge is 2.25. The monoisotopic (exact) mass is 541 g/mol. The minimum atomic E-state index is -0.477. The summed E-state index contributed by atoms with van der Waals surface area (Å²) in [4.78, 5) is 34.1. The number of esters is 1. The maximum atomic E-state index is 13.2. The minimum absolute atomic E-state index is 0.0605. The van der Waals surface area contributed by atoms with Crippen molar-refractivity contribution in [2.75, 3.05) is 51.9 Å². The second-order valence-electron chi connectivity index (χ2n) is 9.13. The zero-order valence-corrected chi connectivity index (χ0v) is 22.7. The van der Waals surface area contributed by atoms with Crippen LogP contribution < -0.4 is 14.4 Å². The fourth-order valence-electron chi connectivity index (χ4n) is 4.70. The van der Waals surface area contributed by atoms with E-state index in [0.29, 0.717) is 49.1 Å². The van der Waals surface area contributed by atoms with Crippen molar-refractivity contribution in [1.29, 1.82) is 0 Å². The van der Waals surface area contributed by atoms with Crippen LogP contribution in [-0.4, -0.2) is 78.5 Å². The van der Waals surface area contributed by atoms with Gasteiger partial charge in [0.1, 0.15) is 11.5 Å². The van der Waals surface area contributed by atoms with Gasteiger partial charge in [0.05, 0.1) is 32.1 Å². The molecule has 0 saturated carbocycles. The summed E-state index contributed by atoms with van der Waals surface area (Å²) in [6.45, 7) is 4.60. The summed E-state index contributed by atoms with van der Waals surface area (Å²) in [5, 5.41) is 4.48. The quantitative estimate of drug-likeness (QED) is 0.308. The Morgan fingerprint density at radius 2 is 1.68 bits per heavy atom. The molecule has 2 aromatic heterocycles. The van der Waals surface area contributed by atoms with E-state index in [1.807, 2.05) is 47.4 Å². The van der Waals surface area contributed by atoms with Crippen LogP contribution in [0.2, 0.25) is 0 Å². The molecule has 2 aromatic carbocycles. The Hall–Kier alpha value is -4.86. The number of carbonyl (C=O) groups is 2. The van der Waals surface area contributed by atoms with Crippen LogP contribution >= 0.6 is 0 Å². The smallest absolute Gasteiger partial charge is 0.358 e. The number of amides is 1. The van der Waals surface area contributed by atoms with Crippen LogP contribution in [0.5, 0.6) is 11.5 Å². The Bertz CT molecular complexity index is 1480. The van der Waals surface area contributed by atoms with E-state index in [1.54, 1.807) is 56.3 Å². The Morgan fingerprint density at radius 1 is 0.900 bits per heavy atom. The summed E-state index contributed by atoms with van der Waals surface area (Å²) >= 11 is 0. The molecule has 0 bridgehead atoms. The third-order valence-corrected chi connectivity index (χ3v) is 6.79. The second-order valence-corrected chi connectivity index (χ2v) is 9.13. The third kappa shape index (κ3) is 5.47. The average molecular weight is 542 g/mol. The predicted molar refractivity (Wildman–Crippen MR) is 150 cm³/mol. The van der Waals surface area contributed by atoms with Gasteiger partial charge < -0.3 is 24.0 Å². The maximum Gasteiger partial charge on any atom is 0.358 e. The summed E-state index contributed by atoms with van der Waals surface area (Å²) in [7, 11) is 3.13. The van der Waals surface area contributed by atoms with Gasteiger partial charge >= 0.3 is 5.97 Å². The van der Waals surface area contributed by atoms with E-state index < -0.39 is 5.97 Å². The number of methoxy groups -OCH3 is 2. The molecule has 3 heterocycles. The van der Waals surface area contributed by atoms with Crippen LogP contribution in [0.15, 0.2) is 72.9 Å². The fourth-order valence-corrected chi connectivity index (χ4v) is 4.70. The van der Waals surface area contributed by atoms with E-state index in [2.05, 4.69) is 15.0 Å². The van der Waals surface area contributed by atoms with Crippen molar-refractivity contribution < 1.29 is 23.8 Å². The van der Waals surface area contributed by atoms with E-state index in [4.69, 9.17) is 14.2 Å². The molecular weight excluding hydrogens is 510 g/mol. The molecule has 1 amide bonds. The number of rotatable bonds is 8. The van der Waals surface area contributed by atoms with Crippen molar-refractivity contribution in [2.45, 2.75) is 6.92 Å². The van der Waals surface area contributed by atoms with Gasteiger partial charge in [0.2, 0.25) is 0 Å². The van der Waals surface area contributed by atoms with Gasteiger partial charge in [-0.1, -0.05) is 18.2 Å². The van der Waals surface area contributed by atoms with Crippen molar-refractivity contribution in [3.8, 4) is 28.6 Å². The molecule has 10 heteroatoms. The van der Waals surface area contributed by atoms with Gasteiger partial charge in [-0.3, -0.25) is 4.79 Å². The van der Waals surface area contributed by atoms with Crippen LogP contribution in [0.1, 0.15) is 27.8 Å². The zero-order chi connectivity index (χ0) is 28.1. The van der Waals surface area contributed by atoms with Crippen molar-refractivity contribution in [3.63, 3.8) is 0 Å². The highest BCUT2D eigenvalue weighted by molar-refractivity contribution is 5.97. The van der Waals surface area contributed by atoms with Gasteiger partial charge in [-0.15, -0.1) is 0 Å². The summed E-state index contributed by atoms with van der Waals surface area (Å²) in [6.07, 6.45) is 1.68. The van der Waals surface area contributed by atoms with Crippen LogP contribution in [0, 0.1) is 0 Å². The van der Waals surface area contributed by atoms with Gasteiger partial charge in [-0.2, -0.15) is 5.10 Å². The Balaban J connectivity index is 1.31. The predicted octanol–water partition coefficient (Wildman–Crippen LogP) is 4.09. The normalized spacial score (nSPS) is 13.2. The number of ether oxygens (including phenoxy) is 3. The molecule has 0 atom stereocenters. The highest BCUT2D eigenvalue weighted by atomic mass is 16.5. The Labute approximate surface area is 232 Å². The SMILES string of the molecule is CCOC(=O)c1cc(-c2ccc(N3CCN(C(=O)c4ccc(OC)cc4OC)CC3)cc2)n(-c2ccccn2)n1. The number of nitrogens with zero attached hydrogens (tertiary/aromatic N) is 5. The largest absolute Gasteiger partial charge is 0.497 e. The molecule has 10 nitrogen and oxygen atoms in total. The molecular formula is C30H31N5O5. The number of aromatic nitrogens is 3. The van der Waals surface area contributed by atoms with E-state index in [9.17, 15) is 9.59 Å². The molecule has 1 fully saturated rings. The number of carbonyl (C=O) groups excluding carboxylic acids is 2. The minimum Gasteiger partial charge on any atom is -0.497 e. The van der Waals surface area contributed by atoms with Crippen molar-refractivity contribution >= 4 is 17.6 Å². The second kappa shape index (κ2) is 11.9. The Kier molecular flexibility index (Phi) is 7.95. The van der Waals surface area contributed by atoms with Gasteiger partial charge in [-0.05, 0) is 49.4 Å². The van der Waals surface area contributed by atoms with Crippen molar-refractivity contribution in [3.05, 3.63) is 84.2 Å². The number of hydrogen-bond donors (Lipinski definition) is 0. The lowest BCUT2D eigenvalue weighted by Gasteiger charge is -2.36. The van der Waals surface area contributed by atoms with Crippen LogP contribution in [0.4, 0.5) is 5.69 Å². The standard InChI is InChI=1S/C30H31N5O5/c1-4-40-30(37)25-20-26(35(32-25)28-7-5-6-14-31-28)21-8-10-22(11-9-21)33-15-17-34(18-16-33)29(36)24-13-12-23(38-2)19-27(24)39-3/h5-14,19-20H,4,15-18H2,1-3H3. The first-order chi connectivity index (χ1) is 19.5. The van der Waals surface area contributed by atoms with Gasteiger partial charge in [0.15, 0.2) is 11.5 Å². The molecule has 0 aliphatic carbocycles. The van der Waals surface area contributed by atoms with Gasteiger partial charge in [0, 0.05) is 49.7 Å². The number of pyridine rings is 1. The van der Waals surface area contributed by atoms with Gasteiger partial charge in [-0.25, -0.2) is 14.5 Å². The van der Waals surface area contributed by atoms with E-state index in [1.165, 1.54) is 0 Å². The lowest BCUT2D eigenvalue weighted by atomic mass is 10.1. The topological polar surface area (TPSA) is 99.0 Å². The summed E-state index contributed by atoms with van der Waals surface area (Å²) < 4.78 is 17.5. The highest BCUT2D eigenvalue weighted by Crippen LogP contribution is 2.29. The summed E-state index contributed by atoms with van der Waals surface area (Å²) in [5.74, 6) is 1.20. The average Bonchev–Trinajstić information content (AvgIpc) is 3.47. The van der Waals surface area contributed by atoms with E-state index in [0.717, 1.165) is 16.9 Å². The van der Waals surface area contributed by atoms with Crippen LogP contribution in [0.25, 0.3) is 17.1 Å². The molecule has 0 radical (unpaired) electrons. The van der Waals surface area contributed by atoms with Crippen molar-refractivity contribution in [2.24, 2.45) is 0 Å². The summed E-state index contributed by atoms with van der Waals surface area (Å²) in [5.41, 5.74) is 3.41. The molecule has 40 heavy (non-hydrogen) atoms. The third-order valence-electron chi connectivity index (χ3n) is 6.79. The first-order valence-corrected chi connectivity index (χ1v) is 13.1. The fraction of sp³-hybridized carbons (Fsp3) is 0.267. The first-order valence-electron chi connectivity index (χ1n) is 13.1. The number of anilines is 1. The molecule has 1 aliphatic heterocycles. The molecule has 1 aliphatic rings. The lowest BCUT2D eigenvalue weighted by molar-refractivity contribution is 0.0518. The van der Waals surface area contributed by atoms with Crippen molar-refractivity contribution in [1.82, 2.24) is 19.7 Å². The molecule has 206 valence electrons. The number of benzene rings is 2. The Morgan fingerprint density at radius 3 is 2.33 bits per heavy atom. The lowest BCUT2D eigenvalue weighted by Crippen LogP contribution is -2.48. The molecule has 4 aromatic rings. The van der Waals surface area contributed by atoms with E-state index in [-0.39, 0.29) is 18.2 Å². The molecule has 5 rings (SSSR count). The summed E-state index contributed by atoms with van der Waals surface area (Å²) in [6, 6.07) is 20.6. The molecule has 1 saturated heterocycles. The first kappa shape index (κ1) is 26.7. The molecule has 0 N–H and O–H groups in total. The maximum absolute atomic E-state index is 13.2.